The molecule has 1 saturated heterocycles. The zero-order valence-corrected chi connectivity index (χ0v) is 13.2. The van der Waals surface area contributed by atoms with Gasteiger partial charge in [-0.05, 0) is 22.4 Å². The lowest BCUT2D eigenvalue weighted by atomic mass is 10.1. The average Bonchev–Trinajstić information content (AvgIpc) is 2.96. The Morgan fingerprint density at radius 3 is 2.95 bits per heavy atom. The van der Waals surface area contributed by atoms with Crippen molar-refractivity contribution in [2.45, 2.75) is 32.5 Å². The molecule has 2 heterocycles. The molecule has 0 saturated carbocycles. The van der Waals surface area contributed by atoms with Gasteiger partial charge in [0.05, 0.1) is 6.54 Å². The Balaban J connectivity index is 1.77. The van der Waals surface area contributed by atoms with Gasteiger partial charge in [-0.2, -0.15) is 11.8 Å². The minimum atomic E-state index is 0.455. The lowest BCUT2D eigenvalue weighted by Crippen LogP contribution is -2.36. The first kappa shape index (κ1) is 14.5. The lowest BCUT2D eigenvalue weighted by molar-refractivity contribution is 0.202. The molecular weight excluding hydrogens is 282 g/mol. The second-order valence-corrected chi connectivity index (χ2v) is 6.44. The number of tetrazole rings is 1. The fourth-order valence-corrected chi connectivity index (χ4v) is 3.87. The minimum absolute atomic E-state index is 0.455. The van der Waals surface area contributed by atoms with Gasteiger partial charge in [-0.3, -0.25) is 4.90 Å². The third-order valence-corrected chi connectivity index (χ3v) is 4.83. The van der Waals surface area contributed by atoms with E-state index in [1.54, 1.807) is 0 Å². The van der Waals surface area contributed by atoms with Crippen molar-refractivity contribution in [3.05, 3.63) is 41.7 Å². The van der Waals surface area contributed by atoms with E-state index in [1.807, 2.05) is 16.4 Å². The molecule has 1 aliphatic rings. The van der Waals surface area contributed by atoms with Crippen LogP contribution >= 0.6 is 11.8 Å². The average molecular weight is 303 g/mol. The minimum Gasteiger partial charge on any atom is -0.287 e. The van der Waals surface area contributed by atoms with Crippen LogP contribution in [0, 0.1) is 0 Å². The number of benzene rings is 1. The van der Waals surface area contributed by atoms with Crippen molar-refractivity contribution in [3.8, 4) is 0 Å². The fourth-order valence-electron chi connectivity index (χ4n) is 2.71. The topological polar surface area (TPSA) is 46.8 Å². The fraction of sp³-hybridized carbons (Fsp3) is 0.533. The summed E-state index contributed by atoms with van der Waals surface area (Å²) < 4.78 is 1.93. The van der Waals surface area contributed by atoms with Crippen LogP contribution in [0.5, 0.6) is 0 Å². The van der Waals surface area contributed by atoms with E-state index < -0.39 is 0 Å². The SMILES string of the molecule is CCCn1nnnc1CN1CCSCC1c1ccccc1. The van der Waals surface area contributed by atoms with Crippen molar-refractivity contribution < 1.29 is 0 Å². The van der Waals surface area contributed by atoms with Crippen molar-refractivity contribution in [3.63, 3.8) is 0 Å². The Hall–Kier alpha value is -1.40. The van der Waals surface area contributed by atoms with E-state index in [2.05, 4.69) is 57.7 Å². The Morgan fingerprint density at radius 1 is 1.29 bits per heavy atom. The smallest absolute Gasteiger partial charge is 0.165 e. The predicted molar refractivity (Wildman–Crippen MR) is 85.0 cm³/mol. The van der Waals surface area contributed by atoms with Crippen molar-refractivity contribution in [2.24, 2.45) is 0 Å². The van der Waals surface area contributed by atoms with Gasteiger partial charge in [0, 0.05) is 30.6 Å². The van der Waals surface area contributed by atoms with Crippen LogP contribution in [0.2, 0.25) is 0 Å². The van der Waals surface area contributed by atoms with E-state index in [0.29, 0.717) is 6.04 Å². The molecule has 1 atom stereocenters. The summed E-state index contributed by atoms with van der Waals surface area (Å²) in [5, 5.41) is 12.1. The predicted octanol–water partition coefficient (Wildman–Crippen LogP) is 2.37. The standard InChI is InChI=1S/C15H21N5S/c1-2-8-20-15(16-17-18-20)11-19-9-10-21-12-14(19)13-6-4-3-5-7-13/h3-7,14H,2,8-12H2,1H3. The summed E-state index contributed by atoms with van der Waals surface area (Å²) in [6.45, 7) is 4.95. The summed E-state index contributed by atoms with van der Waals surface area (Å²) in [4.78, 5) is 2.50. The number of aromatic nitrogens is 4. The van der Waals surface area contributed by atoms with Gasteiger partial charge in [-0.25, -0.2) is 4.68 Å². The summed E-state index contributed by atoms with van der Waals surface area (Å²) in [5.74, 6) is 3.29. The quantitative estimate of drug-likeness (QED) is 0.848. The molecule has 0 amide bonds. The maximum Gasteiger partial charge on any atom is 0.165 e. The first-order valence-electron chi connectivity index (χ1n) is 7.50. The first-order chi connectivity index (χ1) is 10.4. The van der Waals surface area contributed by atoms with Crippen LogP contribution in [-0.4, -0.2) is 43.2 Å². The number of aryl methyl sites for hydroxylation is 1. The molecule has 0 N–H and O–H groups in total. The molecule has 1 aromatic carbocycles. The molecule has 3 rings (SSSR count). The highest BCUT2D eigenvalue weighted by Crippen LogP contribution is 2.30. The molecule has 0 bridgehead atoms. The molecule has 0 radical (unpaired) electrons. The van der Waals surface area contributed by atoms with Crippen LogP contribution in [0.25, 0.3) is 0 Å². The van der Waals surface area contributed by atoms with Crippen LogP contribution in [0.3, 0.4) is 0 Å². The number of thioether (sulfide) groups is 1. The van der Waals surface area contributed by atoms with Gasteiger partial charge in [0.2, 0.25) is 0 Å². The highest BCUT2D eigenvalue weighted by Gasteiger charge is 2.25. The highest BCUT2D eigenvalue weighted by atomic mass is 32.2. The largest absolute Gasteiger partial charge is 0.287 e. The Morgan fingerprint density at radius 2 is 2.14 bits per heavy atom. The summed E-state index contributed by atoms with van der Waals surface area (Å²) in [6.07, 6.45) is 1.05. The number of hydrogen-bond donors (Lipinski definition) is 0. The van der Waals surface area contributed by atoms with Gasteiger partial charge in [0.1, 0.15) is 0 Å². The molecule has 21 heavy (non-hydrogen) atoms. The maximum absolute atomic E-state index is 4.21. The van der Waals surface area contributed by atoms with Crippen molar-refractivity contribution in [1.29, 1.82) is 0 Å². The monoisotopic (exact) mass is 303 g/mol. The summed E-state index contributed by atoms with van der Waals surface area (Å²) in [6, 6.07) is 11.2. The van der Waals surface area contributed by atoms with E-state index in [4.69, 9.17) is 0 Å². The number of hydrogen-bond acceptors (Lipinski definition) is 5. The molecule has 112 valence electrons. The summed E-state index contributed by atoms with van der Waals surface area (Å²) in [5.41, 5.74) is 1.39. The van der Waals surface area contributed by atoms with Gasteiger partial charge < -0.3 is 0 Å². The number of rotatable bonds is 5. The van der Waals surface area contributed by atoms with Crippen molar-refractivity contribution in [2.75, 3.05) is 18.1 Å². The van der Waals surface area contributed by atoms with Gasteiger partial charge in [-0.1, -0.05) is 37.3 Å². The van der Waals surface area contributed by atoms with E-state index in [0.717, 1.165) is 37.6 Å². The van der Waals surface area contributed by atoms with Crippen molar-refractivity contribution >= 4 is 11.8 Å². The third kappa shape index (κ3) is 3.44. The zero-order valence-electron chi connectivity index (χ0n) is 12.4. The molecule has 1 aromatic heterocycles. The highest BCUT2D eigenvalue weighted by molar-refractivity contribution is 7.99. The van der Waals surface area contributed by atoms with E-state index in [9.17, 15) is 0 Å². The summed E-state index contributed by atoms with van der Waals surface area (Å²) >= 11 is 2.03. The first-order valence-corrected chi connectivity index (χ1v) is 8.65. The van der Waals surface area contributed by atoms with E-state index in [1.165, 1.54) is 11.3 Å². The Kier molecular flexibility index (Phi) is 4.87. The van der Waals surface area contributed by atoms with E-state index >= 15 is 0 Å². The summed E-state index contributed by atoms with van der Waals surface area (Å²) in [7, 11) is 0. The third-order valence-electron chi connectivity index (χ3n) is 3.81. The van der Waals surface area contributed by atoms with Crippen LogP contribution in [0.1, 0.15) is 30.8 Å². The second kappa shape index (κ2) is 7.04. The van der Waals surface area contributed by atoms with Gasteiger partial charge in [0.25, 0.3) is 0 Å². The molecule has 2 aromatic rings. The van der Waals surface area contributed by atoms with Crippen LogP contribution in [0.4, 0.5) is 0 Å². The van der Waals surface area contributed by atoms with Gasteiger partial charge in [0.15, 0.2) is 5.82 Å². The number of nitrogens with zero attached hydrogens (tertiary/aromatic N) is 5. The molecule has 0 spiro atoms. The maximum atomic E-state index is 4.21. The lowest BCUT2D eigenvalue weighted by Gasteiger charge is -2.35. The molecule has 5 nitrogen and oxygen atoms in total. The Bertz CT molecular complexity index is 556. The molecule has 1 fully saturated rings. The Labute approximate surface area is 129 Å². The molecular formula is C15H21N5S. The van der Waals surface area contributed by atoms with Crippen LogP contribution in [-0.2, 0) is 13.1 Å². The molecule has 1 unspecified atom stereocenters. The molecule has 1 aliphatic heterocycles. The van der Waals surface area contributed by atoms with E-state index in [-0.39, 0.29) is 0 Å². The zero-order chi connectivity index (χ0) is 14.5. The van der Waals surface area contributed by atoms with Gasteiger partial charge >= 0.3 is 0 Å². The van der Waals surface area contributed by atoms with Crippen LogP contribution < -0.4 is 0 Å². The molecule has 6 heteroatoms. The molecule has 0 aliphatic carbocycles. The van der Waals surface area contributed by atoms with Crippen LogP contribution in [0.15, 0.2) is 30.3 Å². The van der Waals surface area contributed by atoms with Gasteiger partial charge in [-0.15, -0.1) is 5.10 Å². The van der Waals surface area contributed by atoms with Crippen molar-refractivity contribution in [1.82, 2.24) is 25.1 Å². The normalized spacial score (nSPS) is 19.8. The second-order valence-electron chi connectivity index (χ2n) is 5.29.